The first kappa shape index (κ1) is 31.7. The van der Waals surface area contributed by atoms with Gasteiger partial charge in [0.1, 0.15) is 62.9 Å². The van der Waals surface area contributed by atoms with E-state index in [0.29, 0.717) is 22.3 Å². The smallest absolute Gasteiger partial charge is 0.125 e. The number of nitrogens with zero attached hydrogens (tertiary/aromatic N) is 5. The highest BCUT2D eigenvalue weighted by Crippen LogP contribution is 2.33. The van der Waals surface area contributed by atoms with Gasteiger partial charge in [-0.15, -0.1) is 0 Å². The van der Waals surface area contributed by atoms with Crippen molar-refractivity contribution >= 4 is 33.6 Å². The first-order chi connectivity index (χ1) is 24.2. The van der Waals surface area contributed by atoms with Crippen LogP contribution in [0, 0.1) is 34.6 Å². The Labute approximate surface area is 281 Å². The van der Waals surface area contributed by atoms with Crippen molar-refractivity contribution in [2.24, 2.45) is 11.5 Å². The summed E-state index contributed by atoms with van der Waals surface area (Å²) < 4.78 is 56.2. The Balaban J connectivity index is 1.74. The van der Waals surface area contributed by atoms with E-state index in [0.717, 1.165) is 0 Å². The molecule has 0 saturated carbocycles. The molecule has 0 amide bonds. The fraction of sp³-hybridized carbons (Fsp3) is 0.0263. The highest BCUT2D eigenvalue weighted by Gasteiger charge is 2.23. The van der Waals surface area contributed by atoms with Crippen LogP contribution >= 0.6 is 0 Å². The second kappa shape index (κ2) is 12.6. The van der Waals surface area contributed by atoms with Crippen molar-refractivity contribution in [2.75, 3.05) is 7.05 Å². The average Bonchev–Trinajstić information content (AvgIpc) is 3.12. The van der Waals surface area contributed by atoms with Crippen LogP contribution in [0.5, 0.6) is 0 Å². The van der Waals surface area contributed by atoms with Gasteiger partial charge in [0.05, 0.1) is 33.2 Å². The van der Waals surface area contributed by atoms with Crippen LogP contribution in [-0.2, 0) is 0 Å². The van der Waals surface area contributed by atoms with Gasteiger partial charge in [-0.3, -0.25) is 0 Å². The number of aromatic nitrogens is 4. The van der Waals surface area contributed by atoms with E-state index in [1.54, 1.807) is 7.05 Å². The Morgan fingerprint density at radius 3 is 0.980 bits per heavy atom. The van der Waals surface area contributed by atoms with E-state index in [4.69, 9.17) is 31.4 Å². The lowest BCUT2D eigenvalue weighted by molar-refractivity contribution is 0.627. The van der Waals surface area contributed by atoms with Gasteiger partial charge in [-0.25, -0.2) is 37.5 Å². The van der Waals surface area contributed by atoms with Crippen LogP contribution < -0.4 is 27.2 Å². The summed E-state index contributed by atoms with van der Waals surface area (Å²) >= 11 is 0. The number of nitrogens with two attached hydrogens (primary N) is 2. The molecule has 2 aromatic heterocycles. The Morgan fingerprint density at radius 1 is 0.500 bits per heavy atom. The molecule has 5 aromatic carbocycles. The summed E-state index contributed by atoms with van der Waals surface area (Å²) in [5, 5.41) is 13.6. The van der Waals surface area contributed by atoms with Gasteiger partial charge in [-0.05, 0) is 97.1 Å². The average molecular weight is 669 g/mol. The third kappa shape index (κ3) is 5.56. The number of hydrogen-bond acceptors (Lipinski definition) is 8. The summed E-state index contributed by atoms with van der Waals surface area (Å²) in [5.74, 6) is -2.08. The maximum atomic E-state index is 14.1. The highest BCUT2D eigenvalue weighted by molar-refractivity contribution is 6.00. The Hall–Kier alpha value is -6.87. The van der Waals surface area contributed by atoms with E-state index < -0.39 is 23.3 Å². The summed E-state index contributed by atoms with van der Waals surface area (Å²) in [5.41, 5.74) is 16.5. The van der Waals surface area contributed by atoms with Crippen LogP contribution in [0.3, 0.4) is 0 Å². The molecule has 244 valence electrons. The van der Waals surface area contributed by atoms with Gasteiger partial charge < -0.3 is 16.8 Å². The highest BCUT2D eigenvalue weighted by atomic mass is 19.1. The molecule has 2 heterocycles. The normalized spacial score (nSPS) is 11.0. The van der Waals surface area contributed by atoms with Crippen molar-refractivity contribution in [1.82, 2.24) is 25.3 Å². The molecule has 0 saturated heterocycles. The second-order valence-corrected chi connectivity index (χ2v) is 11.2. The topological polar surface area (TPSA) is 139 Å². The lowest BCUT2D eigenvalue weighted by atomic mass is 10.0. The molecule has 5 N–H and O–H groups in total. The molecule has 8 nitrogen and oxygen atoms in total. The van der Waals surface area contributed by atoms with E-state index in [2.05, 4.69) is 11.4 Å². The second-order valence-electron chi connectivity index (χ2n) is 11.2. The molecule has 0 spiro atoms. The summed E-state index contributed by atoms with van der Waals surface area (Å²) in [7, 11) is 1.55. The Morgan fingerprint density at radius 2 is 0.760 bits per heavy atom. The van der Waals surface area contributed by atoms with E-state index in [1.165, 1.54) is 97.1 Å². The van der Waals surface area contributed by atoms with Crippen LogP contribution in [0.2, 0.25) is 0 Å². The minimum atomic E-state index is -0.471. The van der Waals surface area contributed by atoms with Gasteiger partial charge in [-0.2, -0.15) is 5.26 Å². The van der Waals surface area contributed by atoms with Gasteiger partial charge in [0.25, 0.3) is 0 Å². The Bertz CT molecular complexity index is 2450. The molecule has 7 rings (SSSR count). The number of rotatable bonds is 5. The number of nitrogens with one attached hydrogen (secondary N) is 1. The largest absolute Gasteiger partial charge is 0.385 e. The third-order valence-corrected chi connectivity index (χ3v) is 8.11. The summed E-state index contributed by atoms with van der Waals surface area (Å²) in [6.45, 7) is 0. The van der Waals surface area contributed by atoms with E-state index in [9.17, 15) is 22.8 Å². The van der Waals surface area contributed by atoms with Gasteiger partial charge in [0, 0.05) is 29.3 Å². The molecule has 0 unspecified atom stereocenters. The van der Waals surface area contributed by atoms with Crippen molar-refractivity contribution in [3.63, 3.8) is 0 Å². The molecule has 0 atom stereocenters. The molecule has 0 aliphatic rings. The summed E-state index contributed by atoms with van der Waals surface area (Å²) in [6, 6.07) is 24.5. The molecular weight excluding hydrogens is 644 g/mol. The number of halogens is 4. The zero-order chi connectivity index (χ0) is 35.1. The standard InChI is InChI=1S/C38H24F4N8/c1-46-27(18-43)28-34-36(49-32(21-6-14-25(41)15-7-21)30(47-34)19-2-10-23(39)11-3-19)29(38(44)45)37-35(28)48-31(20-4-12-24(40)13-5-20)33(50-37)22-8-16-26(42)17-9-22/h2-17,46H,44-45H2,1H3. The molecule has 7 aromatic rings. The van der Waals surface area contributed by atoms with E-state index in [-0.39, 0.29) is 66.8 Å². The van der Waals surface area contributed by atoms with Gasteiger partial charge in [-0.1, -0.05) is 0 Å². The van der Waals surface area contributed by atoms with E-state index in [1.807, 2.05) is 0 Å². The Kier molecular flexibility index (Phi) is 8.01. The molecule has 50 heavy (non-hydrogen) atoms. The van der Waals surface area contributed by atoms with Crippen LogP contribution in [0.25, 0.3) is 78.6 Å². The predicted molar refractivity (Wildman–Crippen MR) is 183 cm³/mol. The van der Waals surface area contributed by atoms with Crippen molar-refractivity contribution in [3.8, 4) is 51.1 Å². The van der Waals surface area contributed by atoms with Gasteiger partial charge in [0.2, 0.25) is 0 Å². The molecular formula is C38H24F4N8. The zero-order valence-corrected chi connectivity index (χ0v) is 26.1. The van der Waals surface area contributed by atoms with E-state index >= 15 is 0 Å². The van der Waals surface area contributed by atoms with Crippen LogP contribution in [0.1, 0.15) is 0 Å². The molecule has 0 bridgehead atoms. The maximum Gasteiger partial charge on any atom is 0.125 e. The SMILES string of the molecule is CNC(C#N)=c1c2nc(-c3ccc(F)cc3)c(-c3ccc(F)cc3)nc2c(=C(N)N)c2nc(-c3ccc(F)cc3)c(-c3ccc(F)cc3)nc12. The molecule has 0 aliphatic heterocycles. The minimum Gasteiger partial charge on any atom is -0.385 e. The first-order valence-corrected chi connectivity index (χ1v) is 15.1. The fourth-order valence-electron chi connectivity index (χ4n) is 5.78. The molecule has 0 radical (unpaired) electrons. The predicted octanol–water partition coefficient (Wildman–Crippen LogP) is 5.63. The van der Waals surface area contributed by atoms with Gasteiger partial charge in [0.15, 0.2) is 0 Å². The summed E-state index contributed by atoms with van der Waals surface area (Å²) in [4.78, 5) is 20.0. The minimum absolute atomic E-state index is 0.0462. The fourth-order valence-corrected chi connectivity index (χ4v) is 5.78. The summed E-state index contributed by atoms with van der Waals surface area (Å²) in [6.07, 6.45) is 0. The number of nitriles is 1. The molecule has 0 fully saturated rings. The number of benzene rings is 5. The lowest BCUT2D eigenvalue weighted by Crippen LogP contribution is -2.30. The van der Waals surface area contributed by atoms with Crippen molar-refractivity contribution in [2.45, 2.75) is 0 Å². The van der Waals surface area contributed by atoms with Crippen LogP contribution in [-0.4, -0.2) is 27.0 Å². The third-order valence-electron chi connectivity index (χ3n) is 8.11. The molecule has 12 heteroatoms. The van der Waals surface area contributed by atoms with Crippen LogP contribution in [0.15, 0.2) is 97.1 Å². The molecule has 0 aliphatic carbocycles. The quantitative estimate of drug-likeness (QED) is 0.158. The van der Waals surface area contributed by atoms with Gasteiger partial charge >= 0.3 is 0 Å². The lowest BCUT2D eigenvalue weighted by Gasteiger charge is -2.16. The first-order valence-electron chi connectivity index (χ1n) is 15.1. The van der Waals surface area contributed by atoms with Crippen molar-refractivity contribution in [3.05, 3.63) is 131 Å². The van der Waals surface area contributed by atoms with Crippen molar-refractivity contribution in [1.29, 1.82) is 5.26 Å². The zero-order valence-electron chi connectivity index (χ0n) is 26.1. The number of fused-ring (bicyclic) bond motifs is 2. The monoisotopic (exact) mass is 668 g/mol. The van der Waals surface area contributed by atoms with Crippen molar-refractivity contribution < 1.29 is 17.6 Å². The number of hydrogen-bond donors (Lipinski definition) is 3. The maximum absolute atomic E-state index is 14.1. The van der Waals surface area contributed by atoms with Crippen LogP contribution in [0.4, 0.5) is 17.6 Å².